The lowest BCUT2D eigenvalue weighted by atomic mass is 10.4. The number of guanidine groups is 1. The van der Waals surface area contributed by atoms with Gasteiger partial charge in [-0.05, 0) is 27.7 Å². The standard InChI is InChI=1S/C10H18N4O/c1-6(2)13-10(11)12-5-9-14-7(3)8(4)15-9/h6H,5H2,1-4H3,(H3,11,12,13). The van der Waals surface area contributed by atoms with Gasteiger partial charge >= 0.3 is 0 Å². The van der Waals surface area contributed by atoms with Crippen molar-refractivity contribution >= 4 is 5.96 Å². The van der Waals surface area contributed by atoms with Crippen LogP contribution in [-0.4, -0.2) is 17.0 Å². The van der Waals surface area contributed by atoms with Gasteiger partial charge in [0.1, 0.15) is 12.3 Å². The maximum Gasteiger partial charge on any atom is 0.216 e. The Kier molecular flexibility index (Phi) is 3.71. The van der Waals surface area contributed by atoms with Crippen LogP contribution in [0.1, 0.15) is 31.2 Å². The van der Waals surface area contributed by atoms with Crippen molar-refractivity contribution < 1.29 is 4.42 Å². The lowest BCUT2D eigenvalue weighted by molar-refractivity contribution is 0.473. The zero-order chi connectivity index (χ0) is 11.4. The van der Waals surface area contributed by atoms with Gasteiger partial charge in [0, 0.05) is 6.04 Å². The Morgan fingerprint density at radius 2 is 2.20 bits per heavy atom. The number of hydrogen-bond donors (Lipinski definition) is 2. The molecule has 5 nitrogen and oxygen atoms in total. The maximum atomic E-state index is 5.64. The first-order chi connectivity index (χ1) is 6.99. The van der Waals surface area contributed by atoms with Gasteiger partial charge in [0.15, 0.2) is 5.96 Å². The van der Waals surface area contributed by atoms with Gasteiger partial charge in [0.25, 0.3) is 0 Å². The van der Waals surface area contributed by atoms with E-state index in [9.17, 15) is 0 Å². The molecule has 0 spiro atoms. The number of aromatic nitrogens is 1. The van der Waals surface area contributed by atoms with Crippen LogP contribution in [0.5, 0.6) is 0 Å². The SMILES string of the molecule is Cc1nc(CN=C(N)NC(C)C)oc1C. The van der Waals surface area contributed by atoms with E-state index in [-0.39, 0.29) is 6.04 Å². The van der Waals surface area contributed by atoms with Crippen LogP contribution in [0, 0.1) is 13.8 Å². The van der Waals surface area contributed by atoms with Crippen LogP contribution in [0.4, 0.5) is 0 Å². The van der Waals surface area contributed by atoms with E-state index in [4.69, 9.17) is 10.2 Å². The van der Waals surface area contributed by atoms with Crippen LogP contribution in [0.2, 0.25) is 0 Å². The molecule has 0 saturated carbocycles. The number of aryl methyl sites for hydroxylation is 2. The molecule has 5 heteroatoms. The summed E-state index contributed by atoms with van der Waals surface area (Å²) in [5.41, 5.74) is 6.54. The van der Waals surface area contributed by atoms with Crippen LogP contribution >= 0.6 is 0 Å². The molecule has 0 fully saturated rings. The molecule has 1 rings (SSSR count). The van der Waals surface area contributed by atoms with Crippen molar-refractivity contribution in [3.8, 4) is 0 Å². The fourth-order valence-corrected chi connectivity index (χ4v) is 1.10. The second-order valence-electron chi connectivity index (χ2n) is 3.75. The minimum absolute atomic E-state index is 0.279. The van der Waals surface area contributed by atoms with E-state index in [1.165, 1.54) is 0 Å². The quantitative estimate of drug-likeness (QED) is 0.578. The first-order valence-electron chi connectivity index (χ1n) is 4.98. The second kappa shape index (κ2) is 4.82. The first-order valence-corrected chi connectivity index (χ1v) is 4.98. The summed E-state index contributed by atoms with van der Waals surface area (Å²) in [5.74, 6) is 1.84. The number of oxazole rings is 1. The summed E-state index contributed by atoms with van der Waals surface area (Å²) in [7, 11) is 0. The molecule has 0 radical (unpaired) electrons. The predicted octanol–water partition coefficient (Wildman–Crippen LogP) is 1.10. The van der Waals surface area contributed by atoms with E-state index in [2.05, 4.69) is 15.3 Å². The zero-order valence-corrected chi connectivity index (χ0v) is 9.66. The topological polar surface area (TPSA) is 76.4 Å². The number of nitrogens with zero attached hydrogens (tertiary/aromatic N) is 2. The molecule has 15 heavy (non-hydrogen) atoms. The van der Waals surface area contributed by atoms with Gasteiger partial charge in [-0.15, -0.1) is 0 Å². The molecule has 0 aliphatic heterocycles. The van der Waals surface area contributed by atoms with E-state index in [0.717, 1.165) is 11.5 Å². The molecule has 1 aromatic rings. The molecular weight excluding hydrogens is 192 g/mol. The highest BCUT2D eigenvalue weighted by molar-refractivity contribution is 5.77. The number of aliphatic imine (C=N–C) groups is 1. The Morgan fingerprint density at radius 1 is 1.53 bits per heavy atom. The van der Waals surface area contributed by atoms with Crippen LogP contribution < -0.4 is 11.1 Å². The lowest BCUT2D eigenvalue weighted by Crippen LogP contribution is -2.36. The lowest BCUT2D eigenvalue weighted by Gasteiger charge is -2.07. The van der Waals surface area contributed by atoms with Gasteiger partial charge in [-0.25, -0.2) is 9.98 Å². The minimum Gasteiger partial charge on any atom is -0.444 e. The third kappa shape index (κ3) is 3.61. The molecule has 0 aliphatic carbocycles. The smallest absolute Gasteiger partial charge is 0.216 e. The number of nitrogens with two attached hydrogens (primary N) is 1. The molecular formula is C10H18N4O. The molecule has 84 valence electrons. The van der Waals surface area contributed by atoms with Crippen molar-refractivity contribution in [2.75, 3.05) is 0 Å². The summed E-state index contributed by atoms with van der Waals surface area (Å²) in [6.45, 7) is 8.16. The fraction of sp³-hybridized carbons (Fsp3) is 0.600. The number of hydrogen-bond acceptors (Lipinski definition) is 3. The summed E-state index contributed by atoms with van der Waals surface area (Å²) in [6, 6.07) is 0.279. The molecule has 0 amide bonds. The monoisotopic (exact) mass is 210 g/mol. The summed E-state index contributed by atoms with van der Waals surface area (Å²) < 4.78 is 5.37. The van der Waals surface area contributed by atoms with E-state index < -0.39 is 0 Å². The molecule has 0 saturated heterocycles. The third-order valence-electron chi connectivity index (χ3n) is 1.89. The van der Waals surface area contributed by atoms with E-state index in [1.54, 1.807) is 0 Å². The highest BCUT2D eigenvalue weighted by atomic mass is 16.4. The summed E-state index contributed by atoms with van der Waals surface area (Å²) in [4.78, 5) is 8.32. The number of rotatable bonds is 3. The van der Waals surface area contributed by atoms with Crippen molar-refractivity contribution in [2.45, 2.75) is 40.3 Å². The molecule has 0 aromatic carbocycles. The third-order valence-corrected chi connectivity index (χ3v) is 1.89. The van der Waals surface area contributed by atoms with Crippen LogP contribution in [-0.2, 0) is 6.54 Å². The largest absolute Gasteiger partial charge is 0.444 e. The molecule has 3 N–H and O–H groups in total. The Bertz CT molecular complexity index is 335. The van der Waals surface area contributed by atoms with Crippen LogP contribution in [0.15, 0.2) is 9.41 Å². The number of nitrogens with one attached hydrogen (secondary N) is 1. The van der Waals surface area contributed by atoms with Crippen molar-refractivity contribution in [2.24, 2.45) is 10.7 Å². The molecule has 0 atom stereocenters. The Labute approximate surface area is 89.8 Å². The van der Waals surface area contributed by atoms with E-state index in [0.29, 0.717) is 18.4 Å². The van der Waals surface area contributed by atoms with Crippen LogP contribution in [0.25, 0.3) is 0 Å². The van der Waals surface area contributed by atoms with Crippen molar-refractivity contribution in [3.05, 3.63) is 17.3 Å². The molecule has 1 heterocycles. The van der Waals surface area contributed by atoms with Gasteiger partial charge in [-0.1, -0.05) is 0 Å². The highest BCUT2D eigenvalue weighted by Gasteiger charge is 2.04. The molecule has 0 aliphatic rings. The average molecular weight is 210 g/mol. The minimum atomic E-state index is 0.279. The Balaban J connectivity index is 2.55. The van der Waals surface area contributed by atoms with Gasteiger partial charge < -0.3 is 15.5 Å². The molecule has 0 bridgehead atoms. The Morgan fingerprint density at radius 3 is 2.67 bits per heavy atom. The van der Waals surface area contributed by atoms with Gasteiger partial charge in [0.2, 0.25) is 5.89 Å². The maximum absolute atomic E-state index is 5.64. The van der Waals surface area contributed by atoms with Gasteiger partial charge in [-0.3, -0.25) is 0 Å². The normalized spacial score (nSPS) is 12.2. The van der Waals surface area contributed by atoms with Crippen molar-refractivity contribution in [3.63, 3.8) is 0 Å². The van der Waals surface area contributed by atoms with Gasteiger partial charge in [0.05, 0.1) is 5.69 Å². The molecule has 0 unspecified atom stereocenters. The van der Waals surface area contributed by atoms with Crippen LogP contribution in [0.3, 0.4) is 0 Å². The summed E-state index contributed by atoms with van der Waals surface area (Å²) >= 11 is 0. The summed E-state index contributed by atoms with van der Waals surface area (Å²) in [6.07, 6.45) is 0. The summed E-state index contributed by atoms with van der Waals surface area (Å²) in [5, 5.41) is 2.99. The van der Waals surface area contributed by atoms with Crippen molar-refractivity contribution in [1.29, 1.82) is 0 Å². The fourth-order valence-electron chi connectivity index (χ4n) is 1.10. The van der Waals surface area contributed by atoms with Gasteiger partial charge in [-0.2, -0.15) is 0 Å². The predicted molar refractivity (Wildman–Crippen MR) is 59.6 cm³/mol. The van der Waals surface area contributed by atoms with E-state index in [1.807, 2.05) is 27.7 Å². The zero-order valence-electron chi connectivity index (χ0n) is 9.66. The first kappa shape index (κ1) is 11.6. The highest BCUT2D eigenvalue weighted by Crippen LogP contribution is 2.08. The van der Waals surface area contributed by atoms with Crippen molar-refractivity contribution in [1.82, 2.24) is 10.3 Å². The Hall–Kier alpha value is -1.52. The molecule has 1 aromatic heterocycles. The van der Waals surface area contributed by atoms with E-state index >= 15 is 0 Å². The average Bonchev–Trinajstić information content (AvgIpc) is 2.42. The second-order valence-corrected chi connectivity index (χ2v) is 3.75.